The SMILES string of the molecule is CCCNc1nc(C2CC2C)nc2c1COCC2. The summed E-state index contributed by atoms with van der Waals surface area (Å²) in [6, 6.07) is 0. The molecule has 1 aliphatic carbocycles. The van der Waals surface area contributed by atoms with E-state index in [1.165, 1.54) is 17.7 Å². The second-order valence-electron chi connectivity index (χ2n) is 5.40. The van der Waals surface area contributed by atoms with Crippen LogP contribution in [0.2, 0.25) is 0 Å². The van der Waals surface area contributed by atoms with Gasteiger partial charge in [0.15, 0.2) is 0 Å². The number of nitrogens with zero attached hydrogens (tertiary/aromatic N) is 2. The number of nitrogens with one attached hydrogen (secondary N) is 1. The Morgan fingerprint density at radius 3 is 2.94 bits per heavy atom. The summed E-state index contributed by atoms with van der Waals surface area (Å²) >= 11 is 0. The van der Waals surface area contributed by atoms with Gasteiger partial charge < -0.3 is 10.1 Å². The number of rotatable bonds is 4. The van der Waals surface area contributed by atoms with Gasteiger partial charge in [0.2, 0.25) is 0 Å². The minimum atomic E-state index is 0.584. The molecule has 0 spiro atoms. The van der Waals surface area contributed by atoms with Crippen molar-refractivity contribution in [3.05, 3.63) is 17.1 Å². The maximum atomic E-state index is 5.53. The zero-order valence-corrected chi connectivity index (χ0v) is 11.2. The van der Waals surface area contributed by atoms with Crippen molar-refractivity contribution in [3.8, 4) is 0 Å². The molecule has 0 radical (unpaired) electrons. The fourth-order valence-corrected chi connectivity index (χ4v) is 2.49. The molecule has 1 aromatic heterocycles. The maximum Gasteiger partial charge on any atom is 0.135 e. The molecule has 98 valence electrons. The van der Waals surface area contributed by atoms with Crippen LogP contribution in [0.3, 0.4) is 0 Å². The van der Waals surface area contributed by atoms with Gasteiger partial charge in [-0.15, -0.1) is 0 Å². The van der Waals surface area contributed by atoms with E-state index in [1.807, 2.05) is 0 Å². The van der Waals surface area contributed by atoms with Crippen LogP contribution in [0.5, 0.6) is 0 Å². The van der Waals surface area contributed by atoms with Crippen LogP contribution in [0.25, 0.3) is 0 Å². The number of fused-ring (bicyclic) bond motifs is 1. The minimum absolute atomic E-state index is 0.584. The van der Waals surface area contributed by atoms with E-state index in [1.54, 1.807) is 0 Å². The molecular weight excluding hydrogens is 226 g/mol. The fraction of sp³-hybridized carbons (Fsp3) is 0.714. The molecular formula is C14H21N3O. The molecule has 1 N–H and O–H groups in total. The third kappa shape index (κ3) is 2.21. The number of hydrogen-bond acceptors (Lipinski definition) is 4. The smallest absolute Gasteiger partial charge is 0.135 e. The van der Waals surface area contributed by atoms with Crippen LogP contribution >= 0.6 is 0 Å². The van der Waals surface area contributed by atoms with Gasteiger partial charge in [-0.05, 0) is 18.8 Å². The molecule has 2 heterocycles. The van der Waals surface area contributed by atoms with Crippen LogP contribution in [-0.2, 0) is 17.8 Å². The summed E-state index contributed by atoms with van der Waals surface area (Å²) < 4.78 is 5.53. The summed E-state index contributed by atoms with van der Waals surface area (Å²) in [5, 5.41) is 3.43. The van der Waals surface area contributed by atoms with Gasteiger partial charge in [-0.1, -0.05) is 13.8 Å². The fourth-order valence-electron chi connectivity index (χ4n) is 2.49. The average Bonchev–Trinajstić information content (AvgIpc) is 3.13. The summed E-state index contributed by atoms with van der Waals surface area (Å²) in [6.45, 7) is 6.85. The molecule has 18 heavy (non-hydrogen) atoms. The van der Waals surface area contributed by atoms with Gasteiger partial charge in [0, 0.05) is 24.4 Å². The van der Waals surface area contributed by atoms with Crippen molar-refractivity contribution in [1.82, 2.24) is 9.97 Å². The molecule has 0 aromatic carbocycles. The highest BCUT2D eigenvalue weighted by Gasteiger charge is 2.37. The van der Waals surface area contributed by atoms with Crippen LogP contribution in [0.1, 0.15) is 49.7 Å². The third-order valence-electron chi connectivity index (χ3n) is 3.82. The van der Waals surface area contributed by atoms with Crippen LogP contribution in [-0.4, -0.2) is 23.1 Å². The lowest BCUT2D eigenvalue weighted by Gasteiger charge is -2.20. The zero-order chi connectivity index (χ0) is 12.5. The average molecular weight is 247 g/mol. The molecule has 4 heteroatoms. The quantitative estimate of drug-likeness (QED) is 0.888. The van der Waals surface area contributed by atoms with Gasteiger partial charge in [0.1, 0.15) is 11.6 Å². The van der Waals surface area contributed by atoms with Crippen molar-refractivity contribution in [2.45, 2.75) is 45.6 Å². The first-order valence-corrected chi connectivity index (χ1v) is 7.01. The van der Waals surface area contributed by atoms with Crippen molar-refractivity contribution in [2.24, 2.45) is 5.92 Å². The van der Waals surface area contributed by atoms with Crippen LogP contribution in [0.15, 0.2) is 0 Å². The summed E-state index contributed by atoms with van der Waals surface area (Å²) in [5.41, 5.74) is 2.37. The Morgan fingerprint density at radius 2 is 2.22 bits per heavy atom. The van der Waals surface area contributed by atoms with E-state index in [-0.39, 0.29) is 0 Å². The van der Waals surface area contributed by atoms with Gasteiger partial charge >= 0.3 is 0 Å². The highest BCUT2D eigenvalue weighted by Crippen LogP contribution is 2.46. The Labute approximate surface area is 108 Å². The standard InChI is InChI=1S/C14H21N3O/c1-3-5-15-13-11-8-18-6-4-12(11)16-14(17-13)10-7-9(10)2/h9-10H,3-8H2,1-2H3,(H,15,16,17). The van der Waals surface area contributed by atoms with Gasteiger partial charge in [0.05, 0.1) is 18.9 Å². The summed E-state index contributed by atoms with van der Waals surface area (Å²) in [7, 11) is 0. The van der Waals surface area contributed by atoms with Crippen LogP contribution < -0.4 is 5.32 Å². The molecule has 1 aromatic rings. The molecule has 1 fully saturated rings. The van der Waals surface area contributed by atoms with Crippen LogP contribution in [0, 0.1) is 5.92 Å². The van der Waals surface area contributed by atoms with E-state index in [4.69, 9.17) is 14.7 Å². The molecule has 0 bridgehead atoms. The Kier molecular flexibility index (Phi) is 3.20. The largest absolute Gasteiger partial charge is 0.376 e. The Balaban J connectivity index is 1.93. The first-order valence-electron chi connectivity index (χ1n) is 7.01. The highest BCUT2D eigenvalue weighted by molar-refractivity contribution is 5.47. The number of anilines is 1. The minimum Gasteiger partial charge on any atom is -0.376 e. The monoisotopic (exact) mass is 247 g/mol. The molecule has 1 saturated carbocycles. The van der Waals surface area contributed by atoms with Crippen molar-refractivity contribution in [3.63, 3.8) is 0 Å². The summed E-state index contributed by atoms with van der Waals surface area (Å²) in [6.07, 6.45) is 3.27. The van der Waals surface area contributed by atoms with Crippen molar-refractivity contribution >= 4 is 5.82 Å². The molecule has 2 unspecified atom stereocenters. The molecule has 2 aliphatic rings. The Morgan fingerprint density at radius 1 is 1.39 bits per heavy atom. The second-order valence-corrected chi connectivity index (χ2v) is 5.40. The number of hydrogen-bond donors (Lipinski definition) is 1. The molecule has 2 atom stereocenters. The first kappa shape index (κ1) is 11.9. The third-order valence-corrected chi connectivity index (χ3v) is 3.82. The second kappa shape index (κ2) is 4.84. The van der Waals surface area contributed by atoms with Gasteiger partial charge in [-0.3, -0.25) is 0 Å². The van der Waals surface area contributed by atoms with E-state index >= 15 is 0 Å². The van der Waals surface area contributed by atoms with Gasteiger partial charge in [-0.2, -0.15) is 0 Å². The molecule has 1 aliphatic heterocycles. The highest BCUT2D eigenvalue weighted by atomic mass is 16.5. The molecule has 0 saturated heterocycles. The zero-order valence-electron chi connectivity index (χ0n) is 11.2. The lowest BCUT2D eigenvalue weighted by molar-refractivity contribution is 0.109. The van der Waals surface area contributed by atoms with Crippen molar-refractivity contribution in [2.75, 3.05) is 18.5 Å². The van der Waals surface area contributed by atoms with Gasteiger partial charge in [-0.25, -0.2) is 9.97 Å². The molecule has 3 rings (SSSR count). The van der Waals surface area contributed by atoms with E-state index < -0.39 is 0 Å². The topological polar surface area (TPSA) is 47.0 Å². The Hall–Kier alpha value is -1.16. The number of aromatic nitrogens is 2. The van der Waals surface area contributed by atoms with E-state index in [0.29, 0.717) is 12.5 Å². The molecule has 0 amide bonds. The lowest BCUT2D eigenvalue weighted by atomic mass is 10.1. The van der Waals surface area contributed by atoms with Gasteiger partial charge in [0.25, 0.3) is 0 Å². The maximum absolute atomic E-state index is 5.53. The lowest BCUT2D eigenvalue weighted by Crippen LogP contribution is -2.18. The normalized spacial score (nSPS) is 25.7. The predicted octanol–water partition coefficient (Wildman–Crippen LogP) is 2.49. The van der Waals surface area contributed by atoms with Crippen LogP contribution in [0.4, 0.5) is 5.82 Å². The predicted molar refractivity (Wildman–Crippen MR) is 70.7 cm³/mol. The summed E-state index contributed by atoms with van der Waals surface area (Å²) in [5.74, 6) is 3.39. The van der Waals surface area contributed by atoms with E-state index in [0.717, 1.165) is 43.6 Å². The van der Waals surface area contributed by atoms with E-state index in [9.17, 15) is 0 Å². The van der Waals surface area contributed by atoms with Crippen molar-refractivity contribution in [1.29, 1.82) is 0 Å². The summed E-state index contributed by atoms with van der Waals surface area (Å²) in [4.78, 5) is 9.50. The first-order chi connectivity index (χ1) is 8.79. The Bertz CT molecular complexity index is 447. The van der Waals surface area contributed by atoms with E-state index in [2.05, 4.69) is 19.2 Å². The molecule has 4 nitrogen and oxygen atoms in total. The number of ether oxygens (including phenoxy) is 1. The van der Waals surface area contributed by atoms with Crippen molar-refractivity contribution < 1.29 is 4.74 Å².